The van der Waals surface area contributed by atoms with Gasteiger partial charge in [-0.2, -0.15) is 0 Å². The molecular formula is C14H17NO4. The fraction of sp³-hybridized carbons (Fsp3) is 0.429. The van der Waals surface area contributed by atoms with Gasteiger partial charge in [-0.15, -0.1) is 0 Å². The number of carbonyl (C=O) groups is 2. The van der Waals surface area contributed by atoms with E-state index < -0.39 is 5.97 Å². The summed E-state index contributed by atoms with van der Waals surface area (Å²) in [7, 11) is 0. The number of carbonyl (C=O) groups excluding carboxylic acids is 1. The minimum absolute atomic E-state index is 0.0710. The third-order valence-electron chi connectivity index (χ3n) is 3.03. The first-order chi connectivity index (χ1) is 9.15. The van der Waals surface area contributed by atoms with E-state index in [4.69, 9.17) is 9.84 Å². The maximum absolute atomic E-state index is 11.2. The van der Waals surface area contributed by atoms with Crippen LogP contribution >= 0.6 is 0 Å². The van der Waals surface area contributed by atoms with E-state index in [1.165, 1.54) is 0 Å². The van der Waals surface area contributed by atoms with Crippen LogP contribution in [0.5, 0.6) is 5.75 Å². The molecule has 1 aliphatic heterocycles. The molecule has 1 heterocycles. The van der Waals surface area contributed by atoms with Gasteiger partial charge in [-0.05, 0) is 37.0 Å². The highest BCUT2D eigenvalue weighted by Gasteiger charge is 2.15. The molecule has 0 bridgehead atoms. The molecule has 5 heteroatoms. The molecule has 1 aliphatic rings. The highest BCUT2D eigenvalue weighted by molar-refractivity contribution is 5.95. The predicted molar refractivity (Wildman–Crippen MR) is 70.4 cm³/mol. The van der Waals surface area contributed by atoms with Crippen LogP contribution in [0.3, 0.4) is 0 Å². The second kappa shape index (κ2) is 6.22. The number of carboxylic acid groups (broad SMARTS) is 1. The normalized spacial score (nSPS) is 13.4. The minimum Gasteiger partial charge on any atom is -0.482 e. The molecule has 5 nitrogen and oxygen atoms in total. The van der Waals surface area contributed by atoms with E-state index >= 15 is 0 Å². The number of unbranched alkanes of at least 4 members (excludes halogenated alkanes) is 2. The number of aliphatic carboxylic acids is 1. The van der Waals surface area contributed by atoms with Gasteiger partial charge in [0.2, 0.25) is 0 Å². The van der Waals surface area contributed by atoms with Crippen LogP contribution in [0.1, 0.15) is 31.2 Å². The molecule has 19 heavy (non-hydrogen) atoms. The number of benzene rings is 1. The summed E-state index contributed by atoms with van der Waals surface area (Å²) in [6.07, 6.45) is 3.66. The molecule has 1 amide bonds. The Hall–Kier alpha value is -2.04. The second-order valence-electron chi connectivity index (χ2n) is 4.62. The Balaban J connectivity index is 1.83. The Morgan fingerprint density at radius 1 is 1.32 bits per heavy atom. The van der Waals surface area contributed by atoms with Crippen molar-refractivity contribution in [2.75, 3.05) is 11.9 Å². The molecule has 0 unspecified atom stereocenters. The molecule has 0 saturated carbocycles. The molecule has 2 rings (SSSR count). The third-order valence-corrected chi connectivity index (χ3v) is 3.03. The van der Waals surface area contributed by atoms with Gasteiger partial charge in [0.1, 0.15) is 5.75 Å². The number of rotatable bonds is 6. The van der Waals surface area contributed by atoms with E-state index in [2.05, 4.69) is 5.32 Å². The summed E-state index contributed by atoms with van der Waals surface area (Å²) in [5, 5.41) is 11.3. The van der Waals surface area contributed by atoms with Crippen molar-refractivity contribution >= 4 is 17.6 Å². The van der Waals surface area contributed by atoms with Crippen molar-refractivity contribution in [2.45, 2.75) is 32.1 Å². The van der Waals surface area contributed by atoms with Gasteiger partial charge in [0, 0.05) is 6.42 Å². The molecule has 0 saturated heterocycles. The van der Waals surface area contributed by atoms with Gasteiger partial charge in [-0.25, -0.2) is 0 Å². The van der Waals surface area contributed by atoms with Crippen LogP contribution in [0, 0.1) is 0 Å². The molecule has 1 aromatic carbocycles. The van der Waals surface area contributed by atoms with Crippen LogP contribution in [-0.2, 0) is 16.0 Å². The number of carboxylic acids is 1. The standard InChI is InChI=1S/C14H17NO4/c16-13-9-19-12-7-6-10(8-11(12)15-13)4-2-1-3-5-14(17)18/h6-8H,1-5,9H2,(H,15,16)(H,17,18). The first-order valence-electron chi connectivity index (χ1n) is 6.42. The number of nitrogens with one attached hydrogen (secondary N) is 1. The van der Waals surface area contributed by atoms with Crippen LogP contribution in [0.15, 0.2) is 18.2 Å². The summed E-state index contributed by atoms with van der Waals surface area (Å²) in [4.78, 5) is 21.6. The molecule has 2 N–H and O–H groups in total. The molecule has 0 atom stereocenters. The monoisotopic (exact) mass is 263 g/mol. The molecule has 0 aromatic heterocycles. The molecule has 1 aromatic rings. The SMILES string of the molecule is O=C(O)CCCCCc1ccc2c(c1)NC(=O)CO2. The van der Waals surface area contributed by atoms with Gasteiger partial charge in [-0.3, -0.25) is 9.59 Å². The van der Waals surface area contributed by atoms with Crippen molar-refractivity contribution in [1.82, 2.24) is 0 Å². The maximum Gasteiger partial charge on any atom is 0.303 e. The van der Waals surface area contributed by atoms with Crippen molar-refractivity contribution in [1.29, 1.82) is 0 Å². The van der Waals surface area contributed by atoms with Crippen LogP contribution in [0.25, 0.3) is 0 Å². The minimum atomic E-state index is -0.742. The van der Waals surface area contributed by atoms with E-state index in [-0.39, 0.29) is 18.9 Å². The zero-order valence-electron chi connectivity index (χ0n) is 10.6. The van der Waals surface area contributed by atoms with Crippen molar-refractivity contribution in [2.24, 2.45) is 0 Å². The van der Waals surface area contributed by atoms with Crippen molar-refractivity contribution in [3.8, 4) is 5.75 Å². The number of hydrogen-bond acceptors (Lipinski definition) is 3. The topological polar surface area (TPSA) is 75.6 Å². The highest BCUT2D eigenvalue weighted by atomic mass is 16.5. The lowest BCUT2D eigenvalue weighted by atomic mass is 10.0. The zero-order valence-corrected chi connectivity index (χ0v) is 10.6. The lowest BCUT2D eigenvalue weighted by Gasteiger charge is -2.18. The lowest BCUT2D eigenvalue weighted by molar-refractivity contribution is -0.137. The summed E-state index contributed by atoms with van der Waals surface area (Å²) < 4.78 is 5.28. The predicted octanol–water partition coefficient (Wildman–Crippen LogP) is 2.21. The van der Waals surface area contributed by atoms with E-state index in [0.29, 0.717) is 12.2 Å². The maximum atomic E-state index is 11.2. The highest BCUT2D eigenvalue weighted by Crippen LogP contribution is 2.28. The van der Waals surface area contributed by atoms with E-state index in [0.717, 1.165) is 30.5 Å². The Morgan fingerprint density at radius 2 is 2.16 bits per heavy atom. The average molecular weight is 263 g/mol. The van der Waals surface area contributed by atoms with Crippen LogP contribution in [0.2, 0.25) is 0 Å². The fourth-order valence-electron chi connectivity index (χ4n) is 2.07. The second-order valence-corrected chi connectivity index (χ2v) is 4.62. The van der Waals surface area contributed by atoms with Crippen LogP contribution in [0.4, 0.5) is 5.69 Å². The molecule has 0 fully saturated rings. The third kappa shape index (κ3) is 3.98. The van der Waals surface area contributed by atoms with Crippen molar-refractivity contribution in [3.63, 3.8) is 0 Å². The summed E-state index contributed by atoms with van der Waals surface area (Å²) in [5.41, 5.74) is 1.85. The zero-order chi connectivity index (χ0) is 13.7. The lowest BCUT2D eigenvalue weighted by Crippen LogP contribution is -2.25. The van der Waals surface area contributed by atoms with Crippen LogP contribution < -0.4 is 10.1 Å². The number of aryl methyl sites for hydroxylation is 1. The van der Waals surface area contributed by atoms with E-state index in [1.54, 1.807) is 0 Å². The van der Waals surface area contributed by atoms with Crippen molar-refractivity contribution in [3.05, 3.63) is 23.8 Å². The van der Waals surface area contributed by atoms with Gasteiger partial charge in [0.15, 0.2) is 6.61 Å². The Bertz CT molecular complexity index is 484. The van der Waals surface area contributed by atoms with E-state index in [9.17, 15) is 9.59 Å². The largest absolute Gasteiger partial charge is 0.482 e. The van der Waals surface area contributed by atoms with Crippen molar-refractivity contribution < 1.29 is 19.4 Å². The first-order valence-corrected chi connectivity index (χ1v) is 6.42. The quantitative estimate of drug-likeness (QED) is 0.771. The van der Waals surface area contributed by atoms with Gasteiger partial charge in [0.05, 0.1) is 5.69 Å². The number of anilines is 1. The number of amides is 1. The van der Waals surface area contributed by atoms with Gasteiger partial charge >= 0.3 is 5.97 Å². The number of ether oxygens (including phenoxy) is 1. The first kappa shape index (κ1) is 13.4. The Kier molecular flexibility index (Phi) is 4.39. The van der Waals surface area contributed by atoms with Crippen LogP contribution in [-0.4, -0.2) is 23.6 Å². The number of hydrogen-bond donors (Lipinski definition) is 2. The van der Waals surface area contributed by atoms with Gasteiger partial charge in [0.25, 0.3) is 5.91 Å². The smallest absolute Gasteiger partial charge is 0.303 e. The Morgan fingerprint density at radius 3 is 2.95 bits per heavy atom. The molecule has 0 aliphatic carbocycles. The molecule has 0 spiro atoms. The van der Waals surface area contributed by atoms with Gasteiger partial charge < -0.3 is 15.2 Å². The Labute approximate surface area is 111 Å². The summed E-state index contributed by atoms with van der Waals surface area (Å²) in [5.74, 6) is -0.172. The summed E-state index contributed by atoms with van der Waals surface area (Å²) in [6, 6.07) is 5.76. The molecular weight excluding hydrogens is 246 g/mol. The summed E-state index contributed by atoms with van der Waals surface area (Å²) in [6.45, 7) is 0.0710. The molecule has 102 valence electrons. The summed E-state index contributed by atoms with van der Waals surface area (Å²) >= 11 is 0. The molecule has 0 radical (unpaired) electrons. The fourth-order valence-corrected chi connectivity index (χ4v) is 2.07. The average Bonchev–Trinajstić information content (AvgIpc) is 2.37. The number of fused-ring (bicyclic) bond motifs is 1. The van der Waals surface area contributed by atoms with Gasteiger partial charge in [-0.1, -0.05) is 12.5 Å². The van der Waals surface area contributed by atoms with E-state index in [1.807, 2.05) is 18.2 Å².